The molecule has 2 aromatic rings. The minimum atomic E-state index is -0.0524. The first-order chi connectivity index (χ1) is 11.8. The number of nitrogens with one attached hydrogen (secondary N) is 1. The minimum absolute atomic E-state index is 0.0505. The fraction of sp³-hybridized carbons (Fsp3) is 0.412. The standard InChI is InChI=1S/C17H21N5O2/c1-24-17-13(4-2-6-20-17)10-21-16(23)14-5-3-9-22(12-14)15-11-18-7-8-19-15/h2,4,6-8,11,14H,3,5,9-10,12H2,1H3,(H,21,23)/t14-/m0/s1. The molecule has 3 heterocycles. The Morgan fingerprint density at radius 2 is 2.29 bits per heavy atom. The Balaban J connectivity index is 1.58. The summed E-state index contributed by atoms with van der Waals surface area (Å²) in [6.07, 6.45) is 8.58. The first kappa shape index (κ1) is 16.2. The molecule has 7 nitrogen and oxygen atoms in total. The zero-order valence-corrected chi connectivity index (χ0v) is 13.7. The Morgan fingerprint density at radius 1 is 1.38 bits per heavy atom. The van der Waals surface area contributed by atoms with Crippen molar-refractivity contribution in [3.05, 3.63) is 42.5 Å². The quantitative estimate of drug-likeness (QED) is 0.894. The first-order valence-corrected chi connectivity index (χ1v) is 8.04. The molecule has 1 aliphatic heterocycles. The normalized spacial score (nSPS) is 17.4. The van der Waals surface area contributed by atoms with Crippen LogP contribution in [0.1, 0.15) is 18.4 Å². The average Bonchev–Trinajstić information content (AvgIpc) is 2.67. The van der Waals surface area contributed by atoms with Gasteiger partial charge in [-0.3, -0.25) is 9.78 Å². The second-order valence-electron chi connectivity index (χ2n) is 5.74. The second kappa shape index (κ2) is 7.72. The van der Waals surface area contributed by atoms with Gasteiger partial charge in [-0.1, -0.05) is 6.07 Å². The van der Waals surface area contributed by atoms with E-state index in [1.54, 1.807) is 31.9 Å². The number of carbonyl (C=O) groups excluding carboxylic acids is 1. The molecule has 2 aromatic heterocycles. The molecular weight excluding hydrogens is 306 g/mol. The SMILES string of the molecule is COc1ncccc1CNC(=O)[C@H]1CCCN(c2cnccn2)C1. The van der Waals surface area contributed by atoms with E-state index in [9.17, 15) is 4.79 Å². The third-order valence-electron chi connectivity index (χ3n) is 4.16. The predicted octanol–water partition coefficient (Wildman–Crippen LogP) is 1.41. The summed E-state index contributed by atoms with van der Waals surface area (Å²) in [5.41, 5.74) is 0.870. The van der Waals surface area contributed by atoms with Crippen LogP contribution in [-0.4, -0.2) is 41.1 Å². The zero-order chi connectivity index (χ0) is 16.8. The lowest BCUT2D eigenvalue weighted by molar-refractivity contribution is -0.125. The zero-order valence-electron chi connectivity index (χ0n) is 13.7. The molecule has 1 aliphatic rings. The van der Waals surface area contributed by atoms with Gasteiger partial charge in [0.1, 0.15) is 5.82 Å². The van der Waals surface area contributed by atoms with Gasteiger partial charge >= 0.3 is 0 Å². The highest BCUT2D eigenvalue weighted by Gasteiger charge is 2.26. The lowest BCUT2D eigenvalue weighted by Gasteiger charge is -2.32. The Kier molecular flexibility index (Phi) is 5.20. The van der Waals surface area contributed by atoms with Crippen LogP contribution in [0.25, 0.3) is 0 Å². The maximum atomic E-state index is 12.5. The number of hydrogen-bond donors (Lipinski definition) is 1. The molecule has 1 atom stereocenters. The summed E-state index contributed by atoms with van der Waals surface area (Å²) in [5.74, 6) is 1.37. The molecule has 0 spiro atoms. The van der Waals surface area contributed by atoms with Crippen molar-refractivity contribution >= 4 is 11.7 Å². The maximum Gasteiger partial charge on any atom is 0.225 e. The van der Waals surface area contributed by atoms with Gasteiger partial charge in [0.05, 0.1) is 19.2 Å². The largest absolute Gasteiger partial charge is 0.481 e. The minimum Gasteiger partial charge on any atom is -0.481 e. The van der Waals surface area contributed by atoms with Crippen molar-refractivity contribution in [1.29, 1.82) is 0 Å². The first-order valence-electron chi connectivity index (χ1n) is 8.04. The third-order valence-corrected chi connectivity index (χ3v) is 4.16. The van der Waals surface area contributed by atoms with Crippen molar-refractivity contribution in [3.63, 3.8) is 0 Å². The fourth-order valence-electron chi connectivity index (χ4n) is 2.92. The van der Waals surface area contributed by atoms with Gasteiger partial charge in [-0.15, -0.1) is 0 Å². The number of methoxy groups -OCH3 is 1. The topological polar surface area (TPSA) is 80.2 Å². The number of piperidine rings is 1. The van der Waals surface area contributed by atoms with E-state index in [1.807, 2.05) is 12.1 Å². The number of amides is 1. The van der Waals surface area contributed by atoms with Gasteiger partial charge in [-0.2, -0.15) is 0 Å². The van der Waals surface area contributed by atoms with Crippen LogP contribution in [0.2, 0.25) is 0 Å². The van der Waals surface area contributed by atoms with Crippen molar-refractivity contribution in [2.75, 3.05) is 25.1 Å². The summed E-state index contributed by atoms with van der Waals surface area (Å²) < 4.78 is 5.21. The van der Waals surface area contributed by atoms with Crippen molar-refractivity contribution in [2.24, 2.45) is 5.92 Å². The third kappa shape index (κ3) is 3.79. The molecule has 0 bridgehead atoms. The average molecular weight is 327 g/mol. The molecule has 0 radical (unpaired) electrons. The molecule has 7 heteroatoms. The van der Waals surface area contributed by atoms with Crippen LogP contribution in [0.4, 0.5) is 5.82 Å². The smallest absolute Gasteiger partial charge is 0.225 e. The summed E-state index contributed by atoms with van der Waals surface area (Å²) in [7, 11) is 1.58. The summed E-state index contributed by atoms with van der Waals surface area (Å²) in [6.45, 7) is 1.98. The van der Waals surface area contributed by atoms with Gasteiger partial charge in [0.2, 0.25) is 11.8 Å². The van der Waals surface area contributed by atoms with E-state index in [-0.39, 0.29) is 11.8 Å². The molecule has 1 saturated heterocycles. The van der Waals surface area contributed by atoms with Crippen LogP contribution in [0.5, 0.6) is 5.88 Å². The van der Waals surface area contributed by atoms with E-state index < -0.39 is 0 Å². The Morgan fingerprint density at radius 3 is 3.08 bits per heavy atom. The highest BCUT2D eigenvalue weighted by Crippen LogP contribution is 2.21. The van der Waals surface area contributed by atoms with E-state index >= 15 is 0 Å². The van der Waals surface area contributed by atoms with Crippen LogP contribution in [0, 0.1) is 5.92 Å². The number of aromatic nitrogens is 3. The highest BCUT2D eigenvalue weighted by atomic mass is 16.5. The van der Waals surface area contributed by atoms with Gasteiger partial charge in [-0.25, -0.2) is 9.97 Å². The molecule has 0 aliphatic carbocycles. The van der Waals surface area contributed by atoms with Crippen LogP contribution in [0.15, 0.2) is 36.9 Å². The molecule has 1 amide bonds. The summed E-state index contributed by atoms with van der Waals surface area (Å²) in [6, 6.07) is 3.74. The Bertz CT molecular complexity index is 680. The van der Waals surface area contributed by atoms with Crippen LogP contribution >= 0.6 is 0 Å². The molecule has 0 saturated carbocycles. The van der Waals surface area contributed by atoms with Crippen molar-refractivity contribution in [2.45, 2.75) is 19.4 Å². The molecule has 0 aromatic carbocycles. The van der Waals surface area contributed by atoms with Crippen LogP contribution in [0.3, 0.4) is 0 Å². The second-order valence-corrected chi connectivity index (χ2v) is 5.74. The predicted molar refractivity (Wildman–Crippen MR) is 89.6 cm³/mol. The Hall–Kier alpha value is -2.70. The summed E-state index contributed by atoms with van der Waals surface area (Å²) >= 11 is 0. The Labute approximate surface area is 141 Å². The summed E-state index contributed by atoms with van der Waals surface area (Å²) in [4.78, 5) is 27.2. The van der Waals surface area contributed by atoms with E-state index in [4.69, 9.17) is 4.74 Å². The monoisotopic (exact) mass is 327 g/mol. The highest BCUT2D eigenvalue weighted by molar-refractivity contribution is 5.79. The number of anilines is 1. The van der Waals surface area contributed by atoms with Crippen LogP contribution < -0.4 is 15.0 Å². The molecule has 24 heavy (non-hydrogen) atoms. The molecule has 3 rings (SSSR count). The molecule has 0 unspecified atom stereocenters. The van der Waals surface area contributed by atoms with Crippen LogP contribution in [-0.2, 0) is 11.3 Å². The number of pyridine rings is 1. The number of hydrogen-bond acceptors (Lipinski definition) is 6. The number of rotatable bonds is 5. The molecular formula is C17H21N5O2. The molecule has 1 fully saturated rings. The van der Waals surface area contributed by atoms with Gasteiger partial charge in [0, 0.05) is 43.8 Å². The summed E-state index contributed by atoms with van der Waals surface area (Å²) in [5, 5.41) is 2.99. The number of nitrogens with zero attached hydrogens (tertiary/aromatic N) is 4. The lowest BCUT2D eigenvalue weighted by atomic mass is 9.97. The van der Waals surface area contributed by atoms with Crippen molar-refractivity contribution < 1.29 is 9.53 Å². The van der Waals surface area contributed by atoms with E-state index in [1.165, 1.54) is 0 Å². The van der Waals surface area contributed by atoms with Gasteiger partial charge in [-0.05, 0) is 18.9 Å². The fourth-order valence-corrected chi connectivity index (χ4v) is 2.92. The van der Waals surface area contributed by atoms with Gasteiger partial charge < -0.3 is 15.0 Å². The van der Waals surface area contributed by atoms with Gasteiger partial charge in [0.25, 0.3) is 0 Å². The molecule has 1 N–H and O–H groups in total. The maximum absolute atomic E-state index is 12.5. The van der Waals surface area contributed by atoms with Crippen molar-refractivity contribution in [1.82, 2.24) is 20.3 Å². The molecule has 126 valence electrons. The number of carbonyl (C=O) groups is 1. The van der Waals surface area contributed by atoms with Gasteiger partial charge in [0.15, 0.2) is 0 Å². The number of ether oxygens (including phenoxy) is 1. The van der Waals surface area contributed by atoms with E-state index in [0.717, 1.165) is 30.8 Å². The van der Waals surface area contributed by atoms with E-state index in [0.29, 0.717) is 19.0 Å². The van der Waals surface area contributed by atoms with E-state index in [2.05, 4.69) is 25.2 Å². The lowest BCUT2D eigenvalue weighted by Crippen LogP contribution is -2.43. The van der Waals surface area contributed by atoms with Crippen molar-refractivity contribution in [3.8, 4) is 5.88 Å².